The molecule has 0 atom stereocenters. The molecule has 0 amide bonds. The van der Waals surface area contributed by atoms with Crippen LogP contribution in [0.15, 0.2) is 27.4 Å². The maximum atomic E-state index is 11.3. The number of hydrogen-bond donors (Lipinski definition) is 0. The van der Waals surface area contributed by atoms with Gasteiger partial charge in [-0.2, -0.15) is 0 Å². The highest BCUT2D eigenvalue weighted by atomic mass is 16.5. The second-order valence-corrected chi connectivity index (χ2v) is 3.71. The molecule has 5 heteroatoms. The van der Waals surface area contributed by atoms with Gasteiger partial charge in [0.15, 0.2) is 5.58 Å². The molecule has 2 aromatic rings. The molecule has 1 heterocycles. The highest BCUT2D eigenvalue weighted by Gasteiger charge is 2.09. The first-order valence-electron chi connectivity index (χ1n) is 5.36. The zero-order valence-corrected chi connectivity index (χ0v) is 9.73. The van der Waals surface area contributed by atoms with Crippen molar-refractivity contribution in [3.05, 3.63) is 34.3 Å². The number of aromatic nitrogens is 1. The minimum absolute atomic E-state index is 0.198. The molecule has 0 radical (unpaired) electrons. The van der Waals surface area contributed by atoms with Crippen molar-refractivity contribution in [2.75, 3.05) is 6.61 Å². The Morgan fingerprint density at radius 1 is 1.47 bits per heavy atom. The van der Waals surface area contributed by atoms with Gasteiger partial charge in [-0.25, -0.2) is 4.79 Å². The molecule has 5 nitrogen and oxygen atoms in total. The Morgan fingerprint density at radius 2 is 2.24 bits per heavy atom. The van der Waals surface area contributed by atoms with Crippen molar-refractivity contribution in [2.45, 2.75) is 13.3 Å². The number of benzene rings is 1. The summed E-state index contributed by atoms with van der Waals surface area (Å²) in [6.45, 7) is 2.13. The summed E-state index contributed by atoms with van der Waals surface area (Å²) in [5, 5.41) is 0. The normalized spacial score (nSPS) is 10.7. The van der Waals surface area contributed by atoms with Crippen LogP contribution in [0.3, 0.4) is 0 Å². The number of nitrogens with zero attached hydrogens (tertiary/aromatic N) is 1. The smallest absolute Gasteiger partial charge is 0.419 e. The first kappa shape index (κ1) is 11.4. The summed E-state index contributed by atoms with van der Waals surface area (Å²) >= 11 is 0. The molecule has 1 aromatic heterocycles. The van der Waals surface area contributed by atoms with Crippen molar-refractivity contribution in [1.29, 1.82) is 0 Å². The number of carbonyl (C=O) groups is 1. The second-order valence-electron chi connectivity index (χ2n) is 3.71. The quantitative estimate of drug-likeness (QED) is 0.751. The molecule has 0 N–H and O–H groups in total. The number of ether oxygens (including phenoxy) is 1. The van der Waals surface area contributed by atoms with Gasteiger partial charge in [0, 0.05) is 7.05 Å². The predicted molar refractivity (Wildman–Crippen MR) is 61.8 cm³/mol. The molecular formula is C12H13NO4. The first-order valence-corrected chi connectivity index (χ1v) is 5.36. The van der Waals surface area contributed by atoms with E-state index < -0.39 is 5.76 Å². The molecule has 0 aliphatic rings. The second kappa shape index (κ2) is 4.45. The fourth-order valence-corrected chi connectivity index (χ4v) is 1.66. The van der Waals surface area contributed by atoms with Crippen molar-refractivity contribution < 1.29 is 13.9 Å². The molecule has 90 valence electrons. The Hall–Kier alpha value is -2.04. The first-order chi connectivity index (χ1) is 8.11. The molecule has 1 aromatic carbocycles. The summed E-state index contributed by atoms with van der Waals surface area (Å²) in [5.74, 6) is -0.686. The van der Waals surface area contributed by atoms with Crippen LogP contribution in [0.25, 0.3) is 11.1 Å². The summed E-state index contributed by atoms with van der Waals surface area (Å²) in [6.07, 6.45) is 0.198. The van der Waals surface area contributed by atoms with Crippen LogP contribution in [0.1, 0.15) is 12.5 Å². The maximum Gasteiger partial charge on any atom is 0.419 e. The Labute approximate surface area is 97.6 Å². The minimum atomic E-state index is -0.409. The van der Waals surface area contributed by atoms with Crippen LogP contribution in [-0.4, -0.2) is 17.1 Å². The Bertz CT molecular complexity index is 608. The average Bonchev–Trinajstić information content (AvgIpc) is 2.56. The predicted octanol–water partition coefficient (Wildman–Crippen LogP) is 1.24. The van der Waals surface area contributed by atoms with Crippen LogP contribution in [0.5, 0.6) is 0 Å². The van der Waals surface area contributed by atoms with Crippen molar-refractivity contribution in [2.24, 2.45) is 7.05 Å². The van der Waals surface area contributed by atoms with Gasteiger partial charge in [0.05, 0.1) is 18.5 Å². The van der Waals surface area contributed by atoms with Crippen LogP contribution in [0, 0.1) is 0 Å². The van der Waals surface area contributed by atoms with Crippen LogP contribution in [0.4, 0.5) is 0 Å². The van der Waals surface area contributed by atoms with E-state index in [0.717, 1.165) is 5.56 Å². The molecular weight excluding hydrogens is 222 g/mol. The van der Waals surface area contributed by atoms with E-state index in [1.54, 1.807) is 32.2 Å². The lowest BCUT2D eigenvalue weighted by Crippen LogP contribution is -2.09. The summed E-state index contributed by atoms with van der Waals surface area (Å²) in [5.41, 5.74) is 1.99. The van der Waals surface area contributed by atoms with E-state index in [9.17, 15) is 9.59 Å². The zero-order chi connectivity index (χ0) is 12.4. The van der Waals surface area contributed by atoms with E-state index in [1.807, 2.05) is 0 Å². The van der Waals surface area contributed by atoms with Gasteiger partial charge in [-0.05, 0) is 24.6 Å². The summed E-state index contributed by atoms with van der Waals surface area (Å²) in [4.78, 5) is 22.6. The van der Waals surface area contributed by atoms with Gasteiger partial charge in [-0.15, -0.1) is 0 Å². The lowest BCUT2D eigenvalue weighted by atomic mass is 10.1. The van der Waals surface area contributed by atoms with E-state index in [2.05, 4.69) is 0 Å². The standard InChI is InChI=1S/C12H13NO4/c1-3-16-11(14)7-8-4-5-10-9(6-8)13(2)12(15)17-10/h4-6H,3,7H2,1-2H3. The fraction of sp³-hybridized carbons (Fsp3) is 0.333. The molecule has 0 spiro atoms. The number of aryl methyl sites for hydroxylation is 1. The molecule has 0 saturated heterocycles. The highest BCUT2D eigenvalue weighted by molar-refractivity contribution is 5.77. The van der Waals surface area contributed by atoms with Crippen molar-refractivity contribution in [1.82, 2.24) is 4.57 Å². The van der Waals surface area contributed by atoms with E-state index in [4.69, 9.17) is 9.15 Å². The number of oxazole rings is 1. The molecule has 0 unspecified atom stereocenters. The summed E-state index contributed by atoms with van der Waals surface area (Å²) in [7, 11) is 1.63. The average molecular weight is 235 g/mol. The number of hydrogen-bond acceptors (Lipinski definition) is 4. The van der Waals surface area contributed by atoms with Gasteiger partial charge in [0.25, 0.3) is 0 Å². The minimum Gasteiger partial charge on any atom is -0.466 e. The molecule has 0 aliphatic heterocycles. The van der Waals surface area contributed by atoms with Crippen molar-refractivity contribution >= 4 is 17.1 Å². The van der Waals surface area contributed by atoms with Crippen molar-refractivity contribution in [3.8, 4) is 0 Å². The number of carbonyl (C=O) groups excluding carboxylic acids is 1. The van der Waals surface area contributed by atoms with Gasteiger partial charge in [0.2, 0.25) is 0 Å². The molecule has 2 rings (SSSR count). The van der Waals surface area contributed by atoms with Gasteiger partial charge < -0.3 is 9.15 Å². The monoisotopic (exact) mass is 235 g/mol. The van der Waals surface area contributed by atoms with E-state index in [-0.39, 0.29) is 12.4 Å². The van der Waals surface area contributed by atoms with Crippen LogP contribution in [-0.2, 0) is 23.0 Å². The van der Waals surface area contributed by atoms with E-state index in [1.165, 1.54) is 4.57 Å². The highest BCUT2D eigenvalue weighted by Crippen LogP contribution is 2.14. The molecule has 0 saturated carbocycles. The summed E-state index contributed by atoms with van der Waals surface area (Å²) in [6, 6.07) is 5.20. The molecule has 0 aliphatic carbocycles. The third kappa shape index (κ3) is 2.22. The van der Waals surface area contributed by atoms with E-state index >= 15 is 0 Å². The lowest BCUT2D eigenvalue weighted by Gasteiger charge is -2.02. The Balaban J connectivity index is 2.34. The molecule has 17 heavy (non-hydrogen) atoms. The Kier molecular flexibility index (Phi) is 2.99. The third-order valence-corrected chi connectivity index (χ3v) is 2.51. The molecule has 0 fully saturated rings. The third-order valence-electron chi connectivity index (χ3n) is 2.51. The van der Waals surface area contributed by atoms with Crippen LogP contribution >= 0.6 is 0 Å². The van der Waals surface area contributed by atoms with Crippen LogP contribution in [0.2, 0.25) is 0 Å². The largest absolute Gasteiger partial charge is 0.466 e. The number of rotatable bonds is 3. The van der Waals surface area contributed by atoms with Gasteiger partial charge >= 0.3 is 11.7 Å². The Morgan fingerprint density at radius 3 is 2.94 bits per heavy atom. The lowest BCUT2D eigenvalue weighted by molar-refractivity contribution is -0.142. The maximum absolute atomic E-state index is 11.3. The van der Waals surface area contributed by atoms with Crippen LogP contribution < -0.4 is 5.76 Å². The SMILES string of the molecule is CCOC(=O)Cc1ccc2oc(=O)n(C)c2c1. The number of fused-ring (bicyclic) bond motifs is 1. The number of esters is 1. The van der Waals surface area contributed by atoms with Gasteiger partial charge in [0.1, 0.15) is 0 Å². The van der Waals surface area contributed by atoms with Crippen molar-refractivity contribution in [3.63, 3.8) is 0 Å². The summed E-state index contributed by atoms with van der Waals surface area (Å²) < 4.78 is 11.3. The van der Waals surface area contributed by atoms with Gasteiger partial charge in [-0.1, -0.05) is 6.07 Å². The zero-order valence-electron chi connectivity index (χ0n) is 9.73. The molecule has 0 bridgehead atoms. The van der Waals surface area contributed by atoms with E-state index in [0.29, 0.717) is 17.7 Å². The van der Waals surface area contributed by atoms with Gasteiger partial charge in [-0.3, -0.25) is 9.36 Å². The fourth-order valence-electron chi connectivity index (χ4n) is 1.66. The topological polar surface area (TPSA) is 61.4 Å².